The molecule has 2 nitrogen and oxygen atoms in total. The summed E-state index contributed by atoms with van der Waals surface area (Å²) < 4.78 is 26.9. The molecule has 0 aliphatic rings. The van der Waals surface area contributed by atoms with E-state index in [4.69, 9.17) is 0 Å². The minimum Gasteiger partial charge on any atom is -0.253 e. The van der Waals surface area contributed by atoms with Gasteiger partial charge in [0.1, 0.15) is 0 Å². The van der Waals surface area contributed by atoms with E-state index in [2.05, 4.69) is 0 Å². The van der Waals surface area contributed by atoms with Crippen LogP contribution in [0.1, 0.15) is 22.3 Å². The molecule has 24 heavy (non-hydrogen) atoms. The molecule has 0 fully saturated rings. The molecule has 0 bridgehead atoms. The van der Waals surface area contributed by atoms with E-state index < -0.39 is 21.6 Å². The Morgan fingerprint density at radius 2 is 1.25 bits per heavy atom. The average molecular weight is 395 g/mol. The number of benzene rings is 1. The molecule has 0 aliphatic carbocycles. The van der Waals surface area contributed by atoms with Gasteiger partial charge in [0.05, 0.1) is 41.5 Å². The summed E-state index contributed by atoms with van der Waals surface area (Å²) in [6.45, 7) is 3.99. The van der Waals surface area contributed by atoms with Gasteiger partial charge in [-0.1, -0.05) is 24.3 Å². The van der Waals surface area contributed by atoms with Crippen LogP contribution in [0.2, 0.25) is 0 Å². The predicted octanol–water partition coefficient (Wildman–Crippen LogP) is 5.04. The topological polar surface area (TPSA) is 34.1 Å². The van der Waals surface area contributed by atoms with Crippen molar-refractivity contribution in [3.8, 4) is 0 Å². The van der Waals surface area contributed by atoms with Crippen molar-refractivity contribution < 1.29 is 8.42 Å². The summed E-state index contributed by atoms with van der Waals surface area (Å²) in [5, 5.41) is 3.96. The molecule has 2 heterocycles. The Bertz CT molecular complexity index is 822. The standard InChI is InChI=1S/C18H18O2S4/c1-13-6-8-21-17(13)23(19)11-15-4-3-5-16(10-15)12-24(20)18-14(2)7-9-22-18/h3-10H,11-12H2,1-2H3. The first-order valence-electron chi connectivity index (χ1n) is 7.47. The van der Waals surface area contributed by atoms with Gasteiger partial charge in [-0.05, 0) is 59.0 Å². The number of hydrogen-bond donors (Lipinski definition) is 0. The second-order valence-electron chi connectivity index (χ2n) is 5.58. The number of hydrogen-bond acceptors (Lipinski definition) is 4. The lowest BCUT2D eigenvalue weighted by atomic mass is 10.2. The highest BCUT2D eigenvalue weighted by Crippen LogP contribution is 2.25. The molecule has 2 aromatic heterocycles. The fraction of sp³-hybridized carbons (Fsp3) is 0.222. The van der Waals surface area contributed by atoms with Crippen molar-refractivity contribution in [2.45, 2.75) is 33.8 Å². The summed E-state index contributed by atoms with van der Waals surface area (Å²) in [5.74, 6) is 1.000. The molecule has 3 rings (SSSR count). The molecule has 3 aromatic rings. The molecule has 0 aliphatic heterocycles. The molecule has 0 saturated heterocycles. The van der Waals surface area contributed by atoms with E-state index in [-0.39, 0.29) is 0 Å². The van der Waals surface area contributed by atoms with Crippen LogP contribution in [0.15, 0.2) is 55.6 Å². The van der Waals surface area contributed by atoms with Gasteiger partial charge in [0, 0.05) is 0 Å². The summed E-state index contributed by atoms with van der Waals surface area (Å²) in [6, 6.07) is 12.0. The Morgan fingerprint density at radius 1 is 0.792 bits per heavy atom. The zero-order chi connectivity index (χ0) is 17.1. The zero-order valence-electron chi connectivity index (χ0n) is 13.5. The third-order valence-corrected chi connectivity index (χ3v) is 9.60. The lowest BCUT2D eigenvalue weighted by Crippen LogP contribution is -1.99. The molecule has 0 amide bonds. The Labute approximate surface area is 155 Å². The molecule has 0 saturated carbocycles. The molecular weight excluding hydrogens is 376 g/mol. The van der Waals surface area contributed by atoms with Gasteiger partial charge in [0.25, 0.3) is 0 Å². The predicted molar refractivity (Wildman–Crippen MR) is 105 cm³/mol. The molecule has 2 unspecified atom stereocenters. The van der Waals surface area contributed by atoms with Crippen LogP contribution in [0.25, 0.3) is 0 Å². The molecule has 0 radical (unpaired) electrons. The van der Waals surface area contributed by atoms with Crippen molar-refractivity contribution >= 4 is 44.3 Å². The highest BCUT2D eigenvalue weighted by molar-refractivity contribution is 7.86. The normalized spacial score (nSPS) is 13.8. The molecule has 2 atom stereocenters. The van der Waals surface area contributed by atoms with Gasteiger partial charge < -0.3 is 0 Å². The van der Waals surface area contributed by atoms with Crippen LogP contribution in [0.4, 0.5) is 0 Å². The Balaban J connectivity index is 1.73. The fourth-order valence-corrected chi connectivity index (χ4v) is 7.35. The van der Waals surface area contributed by atoms with E-state index in [1.807, 2.05) is 61.0 Å². The van der Waals surface area contributed by atoms with E-state index in [1.54, 1.807) is 22.7 Å². The van der Waals surface area contributed by atoms with E-state index in [9.17, 15) is 8.42 Å². The Morgan fingerprint density at radius 3 is 1.62 bits per heavy atom. The molecule has 1 aromatic carbocycles. The van der Waals surface area contributed by atoms with Crippen molar-refractivity contribution in [3.05, 3.63) is 69.4 Å². The van der Waals surface area contributed by atoms with E-state index in [0.29, 0.717) is 11.5 Å². The Hall–Kier alpha value is -1.08. The maximum atomic E-state index is 12.5. The van der Waals surface area contributed by atoms with Crippen LogP contribution >= 0.6 is 22.7 Å². The fourth-order valence-electron chi connectivity index (χ4n) is 2.43. The Kier molecular flexibility index (Phi) is 5.81. The van der Waals surface area contributed by atoms with Crippen LogP contribution in [-0.4, -0.2) is 8.42 Å². The van der Waals surface area contributed by atoms with Gasteiger partial charge in [-0.15, -0.1) is 22.7 Å². The second kappa shape index (κ2) is 7.87. The smallest absolute Gasteiger partial charge is 0.0943 e. The van der Waals surface area contributed by atoms with Crippen molar-refractivity contribution in [3.63, 3.8) is 0 Å². The summed E-state index contributed by atoms with van der Waals surface area (Å²) in [5.41, 5.74) is 4.23. The second-order valence-corrected chi connectivity index (χ2v) is 10.7. The summed E-state index contributed by atoms with van der Waals surface area (Å²) in [7, 11) is -2.05. The minimum atomic E-state index is -1.02. The largest absolute Gasteiger partial charge is 0.253 e. The average Bonchev–Trinajstić information content (AvgIpc) is 3.16. The first-order chi connectivity index (χ1) is 11.5. The maximum Gasteiger partial charge on any atom is 0.0943 e. The minimum absolute atomic E-state index is 0.500. The summed E-state index contributed by atoms with van der Waals surface area (Å²) in [4.78, 5) is 0. The van der Waals surface area contributed by atoms with Crippen molar-refractivity contribution in [2.24, 2.45) is 0 Å². The van der Waals surface area contributed by atoms with Crippen LogP contribution in [0.5, 0.6) is 0 Å². The van der Waals surface area contributed by atoms with Crippen LogP contribution < -0.4 is 0 Å². The zero-order valence-corrected chi connectivity index (χ0v) is 16.7. The van der Waals surface area contributed by atoms with E-state index >= 15 is 0 Å². The van der Waals surface area contributed by atoms with Gasteiger partial charge in [-0.25, -0.2) is 0 Å². The molecule has 126 valence electrons. The maximum absolute atomic E-state index is 12.5. The van der Waals surface area contributed by atoms with Gasteiger partial charge in [0.2, 0.25) is 0 Å². The quantitative estimate of drug-likeness (QED) is 0.587. The first kappa shape index (κ1) is 17.7. The van der Waals surface area contributed by atoms with Gasteiger partial charge in [-0.3, -0.25) is 8.42 Å². The van der Waals surface area contributed by atoms with Gasteiger partial charge in [0.15, 0.2) is 0 Å². The van der Waals surface area contributed by atoms with Crippen molar-refractivity contribution in [1.29, 1.82) is 0 Å². The van der Waals surface area contributed by atoms with Crippen molar-refractivity contribution in [1.82, 2.24) is 0 Å². The van der Waals surface area contributed by atoms with Crippen LogP contribution in [0.3, 0.4) is 0 Å². The van der Waals surface area contributed by atoms with Crippen molar-refractivity contribution in [2.75, 3.05) is 0 Å². The molecule has 6 heteroatoms. The number of aryl methyl sites for hydroxylation is 2. The summed E-state index contributed by atoms with van der Waals surface area (Å²) in [6.07, 6.45) is 0. The highest BCUT2D eigenvalue weighted by Gasteiger charge is 2.12. The monoisotopic (exact) mass is 394 g/mol. The SMILES string of the molecule is Cc1ccsc1S(=O)Cc1cccc(CS(=O)c2sccc2C)c1. The van der Waals surface area contributed by atoms with Crippen LogP contribution in [0, 0.1) is 13.8 Å². The third kappa shape index (κ3) is 4.11. The molecular formula is C18H18O2S4. The lowest BCUT2D eigenvalue weighted by Gasteiger charge is -2.06. The first-order valence-corrected chi connectivity index (χ1v) is 11.9. The van der Waals surface area contributed by atoms with Crippen LogP contribution in [-0.2, 0) is 33.1 Å². The molecule has 0 spiro atoms. The van der Waals surface area contributed by atoms with E-state index in [1.165, 1.54) is 0 Å². The summed E-state index contributed by atoms with van der Waals surface area (Å²) >= 11 is 3.09. The highest BCUT2D eigenvalue weighted by atomic mass is 32.2. The van der Waals surface area contributed by atoms with Gasteiger partial charge in [-0.2, -0.15) is 0 Å². The van der Waals surface area contributed by atoms with Gasteiger partial charge >= 0.3 is 0 Å². The number of thiophene rings is 2. The molecule has 0 N–H and O–H groups in total. The lowest BCUT2D eigenvalue weighted by molar-refractivity contribution is 0.683. The number of rotatable bonds is 6. The van der Waals surface area contributed by atoms with E-state index in [0.717, 1.165) is 30.7 Å². The third-order valence-electron chi connectivity index (χ3n) is 3.63.